The molecule has 0 amide bonds. The first-order valence-corrected chi connectivity index (χ1v) is 6.03. The van der Waals surface area contributed by atoms with Crippen molar-refractivity contribution in [3.63, 3.8) is 0 Å². The molecule has 0 unspecified atom stereocenters. The maximum Gasteiger partial charge on any atom is 0.150 e. The molecule has 0 aromatic heterocycles. The summed E-state index contributed by atoms with van der Waals surface area (Å²) in [5.74, 6) is 5.97. The number of aldehydes is 2. The monoisotopic (exact) mass is 266 g/mol. The van der Waals surface area contributed by atoms with Crippen LogP contribution in [0.2, 0.25) is 0 Å². The van der Waals surface area contributed by atoms with E-state index in [1.165, 1.54) is 0 Å². The average Bonchev–Trinajstić information content (AvgIpc) is 2.46. The Labute approximate surface area is 116 Å². The number of carbonyl (C=O) groups is 2. The third-order valence-corrected chi connectivity index (χ3v) is 2.92. The van der Waals surface area contributed by atoms with Crippen LogP contribution in [-0.4, -0.2) is 12.6 Å². The highest BCUT2D eigenvalue weighted by Gasteiger charge is 1.97. The molecule has 3 heteroatoms. The molecule has 0 aliphatic carbocycles. The second-order valence-corrected chi connectivity index (χ2v) is 4.37. The molecule has 0 N–H and O–H groups in total. The second-order valence-electron chi connectivity index (χ2n) is 3.88. The van der Waals surface area contributed by atoms with Gasteiger partial charge in [0.1, 0.15) is 12.6 Å². The van der Waals surface area contributed by atoms with Crippen LogP contribution < -0.4 is 0 Å². The highest BCUT2D eigenvalue weighted by molar-refractivity contribution is 7.80. The van der Waals surface area contributed by atoms with E-state index >= 15 is 0 Å². The van der Waals surface area contributed by atoms with Gasteiger partial charge < -0.3 is 0 Å². The van der Waals surface area contributed by atoms with Gasteiger partial charge in [-0.15, -0.1) is 12.6 Å². The quantitative estimate of drug-likeness (QED) is 0.515. The van der Waals surface area contributed by atoms with Crippen molar-refractivity contribution in [1.82, 2.24) is 0 Å². The molecular weight excluding hydrogens is 256 g/mol. The number of benzene rings is 2. The zero-order valence-corrected chi connectivity index (χ0v) is 10.9. The van der Waals surface area contributed by atoms with E-state index in [9.17, 15) is 9.59 Å². The average molecular weight is 266 g/mol. The Morgan fingerprint density at radius 1 is 0.842 bits per heavy atom. The number of hydrogen-bond acceptors (Lipinski definition) is 3. The van der Waals surface area contributed by atoms with E-state index in [1.54, 1.807) is 42.5 Å². The van der Waals surface area contributed by atoms with Crippen LogP contribution in [-0.2, 0) is 0 Å². The molecule has 92 valence electrons. The van der Waals surface area contributed by atoms with Gasteiger partial charge in [0.05, 0.1) is 0 Å². The minimum atomic E-state index is 0.575. The van der Waals surface area contributed by atoms with Crippen LogP contribution in [0.4, 0.5) is 0 Å². The predicted molar refractivity (Wildman–Crippen MR) is 76.9 cm³/mol. The van der Waals surface area contributed by atoms with Gasteiger partial charge in [-0.3, -0.25) is 9.59 Å². The molecule has 19 heavy (non-hydrogen) atoms. The summed E-state index contributed by atoms with van der Waals surface area (Å²) in [7, 11) is 0. The molecule has 2 rings (SSSR count). The Kier molecular flexibility index (Phi) is 4.17. The maximum atomic E-state index is 10.6. The van der Waals surface area contributed by atoms with E-state index in [2.05, 4.69) is 24.5 Å². The smallest absolute Gasteiger partial charge is 0.150 e. The molecule has 2 aromatic rings. The van der Waals surface area contributed by atoms with Gasteiger partial charge in [0.25, 0.3) is 0 Å². The summed E-state index contributed by atoms with van der Waals surface area (Å²) in [5, 5.41) is 0. The van der Waals surface area contributed by atoms with Crippen molar-refractivity contribution in [2.24, 2.45) is 0 Å². The SMILES string of the molecule is O=Cc1ccc(C#Cc2ccc(C=O)cc2S)cc1. The Morgan fingerprint density at radius 3 is 2.05 bits per heavy atom. The number of rotatable bonds is 2. The normalized spacial score (nSPS) is 9.32. The zero-order valence-electron chi connectivity index (χ0n) is 9.96. The summed E-state index contributed by atoms with van der Waals surface area (Å²) in [6.45, 7) is 0. The van der Waals surface area contributed by atoms with Gasteiger partial charge in [-0.25, -0.2) is 0 Å². The van der Waals surface area contributed by atoms with Gasteiger partial charge in [0.2, 0.25) is 0 Å². The van der Waals surface area contributed by atoms with Gasteiger partial charge in [-0.2, -0.15) is 0 Å². The van der Waals surface area contributed by atoms with E-state index in [0.717, 1.165) is 23.7 Å². The molecule has 2 nitrogen and oxygen atoms in total. The summed E-state index contributed by atoms with van der Waals surface area (Å²) in [6, 6.07) is 12.1. The summed E-state index contributed by atoms with van der Waals surface area (Å²) < 4.78 is 0. The van der Waals surface area contributed by atoms with Crippen LogP contribution in [0.3, 0.4) is 0 Å². The lowest BCUT2D eigenvalue weighted by molar-refractivity contribution is 0.111. The predicted octanol–water partition coefficient (Wildman–Crippen LogP) is 3.00. The first kappa shape index (κ1) is 13.1. The van der Waals surface area contributed by atoms with Gasteiger partial charge in [-0.05, 0) is 24.3 Å². The van der Waals surface area contributed by atoms with Gasteiger partial charge >= 0.3 is 0 Å². The summed E-state index contributed by atoms with van der Waals surface area (Å²) in [6.07, 6.45) is 1.57. The first-order valence-electron chi connectivity index (χ1n) is 5.58. The molecule has 0 saturated carbocycles. The molecule has 0 aliphatic rings. The zero-order chi connectivity index (χ0) is 13.7. The van der Waals surface area contributed by atoms with Crippen molar-refractivity contribution in [2.75, 3.05) is 0 Å². The molecular formula is C16H10O2S. The molecule has 0 heterocycles. The van der Waals surface area contributed by atoms with Crippen LogP contribution in [0, 0.1) is 11.8 Å². The van der Waals surface area contributed by atoms with Crippen LogP contribution >= 0.6 is 12.6 Å². The summed E-state index contributed by atoms with van der Waals surface area (Å²) in [4.78, 5) is 21.8. The van der Waals surface area contributed by atoms with Gasteiger partial charge in [0, 0.05) is 27.1 Å². The maximum absolute atomic E-state index is 10.6. The Hall–Kier alpha value is -2.31. The molecule has 0 fully saturated rings. The fourth-order valence-electron chi connectivity index (χ4n) is 1.51. The Balaban J connectivity index is 2.27. The molecule has 0 aliphatic heterocycles. The van der Waals surface area contributed by atoms with Crippen LogP contribution in [0.1, 0.15) is 31.8 Å². The number of thiol groups is 1. The second kappa shape index (κ2) is 6.03. The van der Waals surface area contributed by atoms with Crippen molar-refractivity contribution in [3.8, 4) is 11.8 Å². The lowest BCUT2D eigenvalue weighted by Crippen LogP contribution is -1.84. The first-order chi connectivity index (χ1) is 9.22. The van der Waals surface area contributed by atoms with Crippen LogP contribution in [0.5, 0.6) is 0 Å². The van der Waals surface area contributed by atoms with Gasteiger partial charge in [0.15, 0.2) is 0 Å². The van der Waals surface area contributed by atoms with Gasteiger partial charge in [-0.1, -0.05) is 30.0 Å². The Morgan fingerprint density at radius 2 is 1.47 bits per heavy atom. The number of carbonyl (C=O) groups excluding carboxylic acids is 2. The molecule has 0 bridgehead atoms. The molecule has 0 radical (unpaired) electrons. The molecule has 0 atom stereocenters. The van der Waals surface area contributed by atoms with E-state index in [-0.39, 0.29) is 0 Å². The lowest BCUT2D eigenvalue weighted by Gasteiger charge is -1.97. The van der Waals surface area contributed by atoms with Crippen molar-refractivity contribution in [3.05, 3.63) is 64.7 Å². The van der Waals surface area contributed by atoms with Crippen LogP contribution in [0.25, 0.3) is 0 Å². The van der Waals surface area contributed by atoms with E-state index in [4.69, 9.17) is 0 Å². The lowest BCUT2D eigenvalue weighted by atomic mass is 10.1. The van der Waals surface area contributed by atoms with Crippen molar-refractivity contribution < 1.29 is 9.59 Å². The molecule has 0 saturated heterocycles. The molecule has 2 aromatic carbocycles. The fraction of sp³-hybridized carbons (Fsp3) is 0. The molecule has 0 spiro atoms. The third-order valence-electron chi connectivity index (χ3n) is 2.55. The van der Waals surface area contributed by atoms with Crippen molar-refractivity contribution in [1.29, 1.82) is 0 Å². The summed E-state index contributed by atoms with van der Waals surface area (Å²) >= 11 is 4.29. The van der Waals surface area contributed by atoms with E-state index in [1.807, 2.05) is 0 Å². The third kappa shape index (κ3) is 3.34. The number of hydrogen-bond donors (Lipinski definition) is 1. The fourth-order valence-corrected chi connectivity index (χ4v) is 1.79. The van der Waals surface area contributed by atoms with Crippen LogP contribution in [0.15, 0.2) is 47.4 Å². The largest absolute Gasteiger partial charge is 0.298 e. The highest BCUT2D eigenvalue weighted by atomic mass is 32.1. The highest BCUT2D eigenvalue weighted by Crippen LogP contribution is 2.14. The Bertz CT molecular complexity index is 676. The van der Waals surface area contributed by atoms with Crippen molar-refractivity contribution in [2.45, 2.75) is 4.90 Å². The standard InChI is InChI=1S/C16H10O2S/c17-10-13-3-1-12(2-4-13)5-7-15-8-6-14(11-18)9-16(15)19/h1-4,6,8-11,19H. The van der Waals surface area contributed by atoms with E-state index in [0.29, 0.717) is 16.0 Å². The summed E-state index contributed by atoms with van der Waals surface area (Å²) in [5.41, 5.74) is 2.77. The minimum absolute atomic E-state index is 0.575. The minimum Gasteiger partial charge on any atom is -0.298 e. The topological polar surface area (TPSA) is 34.1 Å². The van der Waals surface area contributed by atoms with E-state index < -0.39 is 0 Å². The van der Waals surface area contributed by atoms with Crippen molar-refractivity contribution >= 4 is 25.2 Å².